The molecule has 1 atom stereocenters. The molecule has 0 aliphatic carbocycles. The highest BCUT2D eigenvalue weighted by Crippen LogP contribution is 2.21. The first kappa shape index (κ1) is 17.5. The summed E-state index contributed by atoms with van der Waals surface area (Å²) in [6, 6.07) is 10.2. The van der Waals surface area contributed by atoms with Crippen LogP contribution >= 0.6 is 11.3 Å². The number of nitrogens with one attached hydrogen (secondary N) is 1. The van der Waals surface area contributed by atoms with Crippen LogP contribution in [0.3, 0.4) is 0 Å². The van der Waals surface area contributed by atoms with E-state index < -0.39 is 5.60 Å². The minimum atomic E-state index is -0.753. The van der Waals surface area contributed by atoms with Crippen LogP contribution in [0.1, 0.15) is 11.9 Å². The first-order valence-corrected chi connectivity index (χ1v) is 9.23. The van der Waals surface area contributed by atoms with Gasteiger partial charge in [-0.2, -0.15) is 0 Å². The molecule has 1 aliphatic rings. The van der Waals surface area contributed by atoms with Crippen LogP contribution in [-0.2, 0) is 11.3 Å². The van der Waals surface area contributed by atoms with Gasteiger partial charge in [0, 0.05) is 43.7 Å². The van der Waals surface area contributed by atoms with Crippen LogP contribution in [0.2, 0.25) is 0 Å². The SMILES string of the molecule is CC(O)(CNCc1nc(-c2ccccc2)cs1)CN1CCOCC1. The molecule has 0 saturated carbocycles. The Morgan fingerprint density at radius 1 is 1.29 bits per heavy atom. The molecule has 3 rings (SSSR count). The number of hydrogen-bond donors (Lipinski definition) is 2. The van der Waals surface area contributed by atoms with E-state index in [1.807, 2.05) is 25.1 Å². The molecule has 0 radical (unpaired) electrons. The number of ether oxygens (including phenoxy) is 1. The lowest BCUT2D eigenvalue weighted by Crippen LogP contribution is -2.50. The van der Waals surface area contributed by atoms with Crippen LogP contribution in [0.5, 0.6) is 0 Å². The molecule has 1 saturated heterocycles. The molecular formula is C18H25N3O2S. The van der Waals surface area contributed by atoms with E-state index in [0.717, 1.165) is 42.6 Å². The first-order valence-electron chi connectivity index (χ1n) is 8.35. The molecule has 2 heterocycles. The van der Waals surface area contributed by atoms with Crippen LogP contribution in [0, 0.1) is 0 Å². The van der Waals surface area contributed by atoms with Crippen molar-refractivity contribution in [2.45, 2.75) is 19.1 Å². The summed E-state index contributed by atoms with van der Waals surface area (Å²) < 4.78 is 5.35. The zero-order chi connectivity index (χ0) is 16.8. The number of rotatable bonds is 7. The molecule has 5 nitrogen and oxygen atoms in total. The Bertz CT molecular complexity index is 624. The van der Waals surface area contributed by atoms with Crippen LogP contribution in [0.25, 0.3) is 11.3 Å². The Balaban J connectivity index is 1.46. The summed E-state index contributed by atoms with van der Waals surface area (Å²) in [6.45, 7) is 7.06. The van der Waals surface area contributed by atoms with Crippen LogP contribution in [0.15, 0.2) is 35.7 Å². The Morgan fingerprint density at radius 3 is 2.79 bits per heavy atom. The standard InChI is InChI=1S/C18H25N3O2S/c1-18(22,14-21-7-9-23-10-8-21)13-19-11-17-20-16(12-24-17)15-5-3-2-4-6-15/h2-6,12,19,22H,7-11,13-14H2,1H3. The number of hydrogen-bond acceptors (Lipinski definition) is 6. The Labute approximate surface area is 147 Å². The quantitative estimate of drug-likeness (QED) is 0.802. The highest BCUT2D eigenvalue weighted by Gasteiger charge is 2.24. The molecule has 0 amide bonds. The summed E-state index contributed by atoms with van der Waals surface area (Å²) in [4.78, 5) is 6.92. The maximum atomic E-state index is 10.6. The molecule has 1 unspecified atom stereocenters. The predicted molar refractivity (Wildman–Crippen MR) is 97.1 cm³/mol. The van der Waals surface area contributed by atoms with E-state index in [4.69, 9.17) is 4.74 Å². The molecule has 1 aromatic carbocycles. The summed E-state index contributed by atoms with van der Waals surface area (Å²) in [5, 5.41) is 17.0. The fraction of sp³-hybridized carbons (Fsp3) is 0.500. The van der Waals surface area contributed by atoms with Crippen LogP contribution < -0.4 is 5.32 Å². The Kier molecular flexibility index (Phi) is 5.97. The summed E-state index contributed by atoms with van der Waals surface area (Å²) in [5.74, 6) is 0. The van der Waals surface area contributed by atoms with Gasteiger partial charge in [-0.3, -0.25) is 4.90 Å². The molecule has 2 N–H and O–H groups in total. The van der Waals surface area contributed by atoms with Gasteiger partial charge in [0.1, 0.15) is 5.01 Å². The van der Waals surface area contributed by atoms with E-state index in [9.17, 15) is 5.11 Å². The molecule has 1 aromatic heterocycles. The van der Waals surface area contributed by atoms with Gasteiger partial charge in [-0.15, -0.1) is 11.3 Å². The van der Waals surface area contributed by atoms with Gasteiger partial charge >= 0.3 is 0 Å². The fourth-order valence-electron chi connectivity index (χ4n) is 2.87. The minimum Gasteiger partial charge on any atom is -0.388 e. The van der Waals surface area contributed by atoms with Crippen molar-refractivity contribution in [3.8, 4) is 11.3 Å². The monoisotopic (exact) mass is 347 g/mol. The zero-order valence-corrected chi connectivity index (χ0v) is 14.9. The number of nitrogens with zero attached hydrogens (tertiary/aromatic N) is 2. The molecule has 0 spiro atoms. The maximum absolute atomic E-state index is 10.6. The van der Waals surface area contributed by atoms with Crippen LogP contribution in [0.4, 0.5) is 0 Å². The Hall–Kier alpha value is -1.31. The lowest BCUT2D eigenvalue weighted by atomic mass is 10.1. The van der Waals surface area contributed by atoms with Gasteiger partial charge in [-0.1, -0.05) is 30.3 Å². The summed E-state index contributed by atoms with van der Waals surface area (Å²) in [6.07, 6.45) is 0. The Morgan fingerprint density at radius 2 is 2.04 bits per heavy atom. The van der Waals surface area contributed by atoms with Crippen molar-refractivity contribution in [2.75, 3.05) is 39.4 Å². The molecule has 1 aliphatic heterocycles. The van der Waals surface area contributed by atoms with E-state index in [2.05, 4.69) is 32.7 Å². The molecule has 24 heavy (non-hydrogen) atoms. The van der Waals surface area contributed by atoms with Crippen molar-refractivity contribution in [1.29, 1.82) is 0 Å². The third-order valence-electron chi connectivity index (χ3n) is 4.07. The lowest BCUT2D eigenvalue weighted by molar-refractivity contribution is -0.0219. The van der Waals surface area contributed by atoms with Crippen LogP contribution in [-0.4, -0.2) is 60.0 Å². The van der Waals surface area contributed by atoms with Crippen molar-refractivity contribution in [1.82, 2.24) is 15.2 Å². The van der Waals surface area contributed by atoms with Crippen molar-refractivity contribution in [3.05, 3.63) is 40.7 Å². The first-order chi connectivity index (χ1) is 11.6. The average molecular weight is 347 g/mol. The third kappa shape index (κ3) is 5.09. The topological polar surface area (TPSA) is 57.6 Å². The number of aliphatic hydroxyl groups is 1. The van der Waals surface area contributed by atoms with E-state index in [1.165, 1.54) is 0 Å². The van der Waals surface area contributed by atoms with Crippen molar-refractivity contribution < 1.29 is 9.84 Å². The number of β-amino-alcohol motifs (C(OH)–C–C–N with tert-alkyl or cyclic N) is 1. The number of benzene rings is 1. The molecular weight excluding hydrogens is 322 g/mol. The van der Waals surface area contributed by atoms with Crippen molar-refractivity contribution in [2.24, 2.45) is 0 Å². The van der Waals surface area contributed by atoms with Gasteiger partial charge in [0.05, 0.1) is 24.5 Å². The largest absolute Gasteiger partial charge is 0.388 e. The lowest BCUT2D eigenvalue weighted by Gasteiger charge is -2.33. The van der Waals surface area contributed by atoms with Gasteiger partial charge in [0.15, 0.2) is 0 Å². The number of thiazole rings is 1. The van der Waals surface area contributed by atoms with Gasteiger partial charge < -0.3 is 15.2 Å². The number of morpholine rings is 1. The predicted octanol–water partition coefficient (Wildman–Crippen LogP) is 1.98. The average Bonchev–Trinajstić information content (AvgIpc) is 3.05. The van der Waals surface area contributed by atoms with Gasteiger partial charge in [0.25, 0.3) is 0 Å². The molecule has 6 heteroatoms. The summed E-state index contributed by atoms with van der Waals surface area (Å²) in [7, 11) is 0. The minimum absolute atomic E-state index is 0.546. The molecule has 1 fully saturated rings. The normalized spacial score (nSPS) is 18.4. The molecule has 0 bridgehead atoms. The molecule has 2 aromatic rings. The smallest absolute Gasteiger partial charge is 0.107 e. The molecule has 130 valence electrons. The summed E-state index contributed by atoms with van der Waals surface area (Å²) >= 11 is 1.65. The second-order valence-electron chi connectivity index (χ2n) is 6.48. The van der Waals surface area contributed by atoms with E-state index in [1.54, 1.807) is 11.3 Å². The van der Waals surface area contributed by atoms with E-state index in [0.29, 0.717) is 19.6 Å². The second-order valence-corrected chi connectivity index (χ2v) is 7.42. The highest BCUT2D eigenvalue weighted by molar-refractivity contribution is 7.09. The van der Waals surface area contributed by atoms with Gasteiger partial charge in [-0.25, -0.2) is 4.98 Å². The van der Waals surface area contributed by atoms with E-state index >= 15 is 0 Å². The van der Waals surface area contributed by atoms with Gasteiger partial charge in [-0.05, 0) is 6.92 Å². The number of aromatic nitrogens is 1. The van der Waals surface area contributed by atoms with E-state index in [-0.39, 0.29) is 0 Å². The summed E-state index contributed by atoms with van der Waals surface area (Å²) in [5.41, 5.74) is 1.40. The highest BCUT2D eigenvalue weighted by atomic mass is 32.1. The van der Waals surface area contributed by atoms with Crippen molar-refractivity contribution in [3.63, 3.8) is 0 Å². The second kappa shape index (κ2) is 8.18. The fourth-order valence-corrected chi connectivity index (χ4v) is 3.64. The third-order valence-corrected chi connectivity index (χ3v) is 4.92. The van der Waals surface area contributed by atoms with Crippen molar-refractivity contribution >= 4 is 11.3 Å². The van der Waals surface area contributed by atoms with Gasteiger partial charge in [0.2, 0.25) is 0 Å². The maximum Gasteiger partial charge on any atom is 0.107 e. The zero-order valence-electron chi connectivity index (χ0n) is 14.1.